The quantitative estimate of drug-likeness (QED) is 0.413. The Morgan fingerprint density at radius 3 is 1.58 bits per heavy atom. The molecular weight excluding hydrogens is 324 g/mol. The summed E-state index contributed by atoms with van der Waals surface area (Å²) in [6.07, 6.45) is 3.45. The minimum atomic E-state index is 0.575. The average molecular weight is 340 g/mol. The summed E-state index contributed by atoms with van der Waals surface area (Å²) in [5.74, 6) is 0. The first-order valence-electron chi connectivity index (χ1n) is 8.33. The third-order valence-corrected chi connectivity index (χ3v) is 3.83. The minimum Gasteiger partial charge on any atom is -0.289 e. The third kappa shape index (κ3) is 3.75. The van der Waals surface area contributed by atoms with E-state index in [1.165, 1.54) is 0 Å². The Kier molecular flexibility index (Phi) is 4.64. The van der Waals surface area contributed by atoms with Gasteiger partial charge in [0.25, 0.3) is 0 Å². The lowest BCUT2D eigenvalue weighted by Crippen LogP contribution is -1.96. The van der Waals surface area contributed by atoms with Crippen molar-refractivity contribution in [3.63, 3.8) is 0 Å². The number of fused-ring (bicyclic) bond motifs is 2. The van der Waals surface area contributed by atoms with E-state index in [9.17, 15) is 0 Å². The Morgan fingerprint density at radius 2 is 1.08 bits per heavy atom. The maximum atomic E-state index is 4.35. The standard InChI is InChI=1S/C20H16N6/c1-3-7-19-15(5-1)11-17(23-25-19)13-21-9-10-22-14-18-12-16-6-2-4-8-20(16)26-24-18/h1-8,11-14H,9-10H2/b21-13-,22-14-. The molecule has 0 amide bonds. The second kappa shape index (κ2) is 7.57. The molecule has 0 aliphatic rings. The predicted molar refractivity (Wildman–Crippen MR) is 104 cm³/mol. The van der Waals surface area contributed by atoms with Crippen LogP contribution in [0.25, 0.3) is 21.8 Å². The highest BCUT2D eigenvalue weighted by molar-refractivity contribution is 5.86. The normalized spacial score (nSPS) is 11.8. The molecule has 4 rings (SSSR count). The lowest BCUT2D eigenvalue weighted by atomic mass is 10.2. The van der Waals surface area contributed by atoms with Crippen LogP contribution in [0.5, 0.6) is 0 Å². The van der Waals surface area contributed by atoms with Gasteiger partial charge in [0.2, 0.25) is 0 Å². The largest absolute Gasteiger partial charge is 0.289 e. The summed E-state index contributed by atoms with van der Waals surface area (Å²) in [5, 5.41) is 18.7. The molecule has 2 aromatic heterocycles. The maximum Gasteiger partial charge on any atom is 0.104 e. The van der Waals surface area contributed by atoms with Crippen LogP contribution in [-0.4, -0.2) is 45.9 Å². The van der Waals surface area contributed by atoms with Gasteiger partial charge in [-0.25, -0.2) is 0 Å². The fraction of sp³-hybridized carbons (Fsp3) is 0.100. The molecule has 126 valence electrons. The molecule has 0 saturated heterocycles. The van der Waals surface area contributed by atoms with Gasteiger partial charge in [-0.05, 0) is 24.3 Å². The van der Waals surface area contributed by atoms with Crippen molar-refractivity contribution in [2.75, 3.05) is 13.1 Å². The lowest BCUT2D eigenvalue weighted by Gasteiger charge is -1.97. The first kappa shape index (κ1) is 16.0. The number of aromatic nitrogens is 4. The molecule has 0 aliphatic carbocycles. The molecule has 0 atom stereocenters. The summed E-state index contributed by atoms with van der Waals surface area (Å²) >= 11 is 0. The summed E-state index contributed by atoms with van der Waals surface area (Å²) in [4.78, 5) is 8.70. The van der Waals surface area contributed by atoms with E-state index in [1.54, 1.807) is 12.4 Å². The highest BCUT2D eigenvalue weighted by Gasteiger charge is 1.97. The highest BCUT2D eigenvalue weighted by atomic mass is 15.1. The molecule has 0 spiro atoms. The van der Waals surface area contributed by atoms with Crippen molar-refractivity contribution in [3.8, 4) is 0 Å². The Hall–Kier alpha value is -3.54. The Bertz CT molecular complexity index is 1010. The van der Waals surface area contributed by atoms with E-state index >= 15 is 0 Å². The molecule has 26 heavy (non-hydrogen) atoms. The van der Waals surface area contributed by atoms with Crippen molar-refractivity contribution in [2.24, 2.45) is 9.98 Å². The van der Waals surface area contributed by atoms with Crippen molar-refractivity contribution in [1.82, 2.24) is 20.4 Å². The summed E-state index contributed by atoms with van der Waals surface area (Å²) in [6, 6.07) is 19.7. The van der Waals surface area contributed by atoms with Gasteiger partial charge in [0.1, 0.15) is 11.4 Å². The predicted octanol–water partition coefficient (Wildman–Crippen LogP) is 3.11. The number of nitrogens with zero attached hydrogens (tertiary/aromatic N) is 6. The summed E-state index contributed by atoms with van der Waals surface area (Å²) in [7, 11) is 0. The molecule has 0 aliphatic heterocycles. The van der Waals surface area contributed by atoms with Crippen LogP contribution < -0.4 is 0 Å². The second-order valence-corrected chi connectivity index (χ2v) is 5.73. The fourth-order valence-electron chi connectivity index (χ4n) is 2.56. The Morgan fingerprint density at radius 1 is 0.615 bits per heavy atom. The van der Waals surface area contributed by atoms with E-state index in [1.807, 2.05) is 60.7 Å². The van der Waals surface area contributed by atoms with Crippen molar-refractivity contribution in [2.45, 2.75) is 0 Å². The molecule has 0 saturated carbocycles. The van der Waals surface area contributed by atoms with Crippen LogP contribution >= 0.6 is 0 Å². The Labute approximate surface area is 150 Å². The highest BCUT2D eigenvalue weighted by Crippen LogP contribution is 2.10. The molecule has 6 nitrogen and oxygen atoms in total. The molecular formula is C20H16N6. The van der Waals surface area contributed by atoms with Crippen molar-refractivity contribution >= 4 is 34.2 Å². The van der Waals surface area contributed by atoms with Crippen LogP contribution in [-0.2, 0) is 0 Å². The van der Waals surface area contributed by atoms with Gasteiger partial charge in [-0.1, -0.05) is 36.4 Å². The zero-order chi connectivity index (χ0) is 17.6. The van der Waals surface area contributed by atoms with Gasteiger partial charge in [0.15, 0.2) is 0 Å². The number of benzene rings is 2. The zero-order valence-corrected chi connectivity index (χ0v) is 14.0. The van der Waals surface area contributed by atoms with Gasteiger partial charge in [0.05, 0.1) is 24.1 Å². The van der Waals surface area contributed by atoms with Gasteiger partial charge < -0.3 is 0 Å². The molecule has 6 heteroatoms. The molecule has 0 fully saturated rings. The van der Waals surface area contributed by atoms with Crippen molar-refractivity contribution < 1.29 is 0 Å². The van der Waals surface area contributed by atoms with Gasteiger partial charge in [0, 0.05) is 23.2 Å². The van der Waals surface area contributed by atoms with Gasteiger partial charge >= 0.3 is 0 Å². The van der Waals surface area contributed by atoms with E-state index in [4.69, 9.17) is 0 Å². The van der Waals surface area contributed by atoms with E-state index in [0.29, 0.717) is 13.1 Å². The minimum absolute atomic E-state index is 0.575. The van der Waals surface area contributed by atoms with Gasteiger partial charge in [-0.15, -0.1) is 20.4 Å². The second-order valence-electron chi connectivity index (χ2n) is 5.73. The maximum absolute atomic E-state index is 4.35. The van der Waals surface area contributed by atoms with Crippen LogP contribution in [0, 0.1) is 0 Å². The number of hydrogen-bond acceptors (Lipinski definition) is 6. The lowest BCUT2D eigenvalue weighted by molar-refractivity contribution is 0.976. The molecule has 0 bridgehead atoms. The van der Waals surface area contributed by atoms with Crippen LogP contribution in [0.3, 0.4) is 0 Å². The van der Waals surface area contributed by atoms with E-state index in [0.717, 1.165) is 33.2 Å². The topological polar surface area (TPSA) is 76.3 Å². The zero-order valence-electron chi connectivity index (χ0n) is 14.0. The van der Waals surface area contributed by atoms with Gasteiger partial charge in [-0.2, -0.15) is 0 Å². The SMILES string of the molecule is C(=N/CC/N=C\c1cc2ccccc2nn1)/c1cc2ccccc2nn1. The van der Waals surface area contributed by atoms with Crippen LogP contribution in [0.1, 0.15) is 11.4 Å². The summed E-state index contributed by atoms with van der Waals surface area (Å²) < 4.78 is 0. The molecule has 4 aromatic rings. The van der Waals surface area contributed by atoms with E-state index < -0.39 is 0 Å². The smallest absolute Gasteiger partial charge is 0.104 e. The van der Waals surface area contributed by atoms with Crippen LogP contribution in [0.15, 0.2) is 70.6 Å². The monoisotopic (exact) mass is 340 g/mol. The third-order valence-electron chi connectivity index (χ3n) is 3.83. The number of hydrogen-bond donors (Lipinski definition) is 0. The number of rotatable bonds is 5. The molecule has 0 unspecified atom stereocenters. The molecule has 2 aromatic carbocycles. The van der Waals surface area contributed by atoms with Gasteiger partial charge in [-0.3, -0.25) is 9.98 Å². The number of aliphatic imine (C=N–C) groups is 2. The van der Waals surface area contributed by atoms with Crippen LogP contribution in [0.2, 0.25) is 0 Å². The summed E-state index contributed by atoms with van der Waals surface area (Å²) in [6.45, 7) is 1.15. The van der Waals surface area contributed by atoms with Crippen molar-refractivity contribution in [3.05, 3.63) is 72.1 Å². The molecule has 0 radical (unpaired) electrons. The fourth-order valence-corrected chi connectivity index (χ4v) is 2.56. The van der Waals surface area contributed by atoms with E-state index in [-0.39, 0.29) is 0 Å². The summed E-state index contributed by atoms with van der Waals surface area (Å²) in [5.41, 5.74) is 3.25. The molecule has 2 heterocycles. The average Bonchev–Trinajstić information content (AvgIpc) is 2.70. The first-order valence-corrected chi connectivity index (χ1v) is 8.33. The molecule has 0 N–H and O–H groups in total. The van der Waals surface area contributed by atoms with E-state index in [2.05, 4.69) is 30.4 Å². The van der Waals surface area contributed by atoms with Crippen LogP contribution in [0.4, 0.5) is 0 Å². The Balaban J connectivity index is 1.34. The van der Waals surface area contributed by atoms with Crippen molar-refractivity contribution in [1.29, 1.82) is 0 Å². The first-order chi connectivity index (χ1) is 12.9.